The fourth-order valence-corrected chi connectivity index (χ4v) is 3.93. The molecule has 0 aliphatic rings. The second kappa shape index (κ2) is 7.92. The summed E-state index contributed by atoms with van der Waals surface area (Å²) in [6.07, 6.45) is 0. The van der Waals surface area contributed by atoms with Crippen LogP contribution in [-0.2, 0) is 5.92 Å². The maximum Gasteiger partial charge on any atom is 0.339 e. The SMILES string of the molecule is CC(F)(F)c1ccc(C(=O)Nc2csc(-c3ccc(Br)cc3)c2C(=O)O)c(O)c1. The van der Waals surface area contributed by atoms with Crippen molar-refractivity contribution in [3.63, 3.8) is 0 Å². The summed E-state index contributed by atoms with van der Waals surface area (Å²) in [4.78, 5) is 24.8. The van der Waals surface area contributed by atoms with Crippen LogP contribution in [0.15, 0.2) is 52.3 Å². The number of phenols is 1. The summed E-state index contributed by atoms with van der Waals surface area (Å²) in [6.45, 7) is 0.676. The molecule has 1 amide bonds. The lowest BCUT2D eigenvalue weighted by Gasteiger charge is -2.13. The number of thiophene rings is 1. The zero-order valence-electron chi connectivity index (χ0n) is 14.9. The number of halogens is 3. The van der Waals surface area contributed by atoms with Gasteiger partial charge in [0.15, 0.2) is 0 Å². The molecule has 0 spiro atoms. The molecule has 3 aromatic rings. The first kappa shape index (κ1) is 20.9. The Hall–Kier alpha value is -2.78. The molecule has 9 heteroatoms. The van der Waals surface area contributed by atoms with Crippen molar-refractivity contribution in [2.24, 2.45) is 0 Å². The zero-order chi connectivity index (χ0) is 21.3. The van der Waals surface area contributed by atoms with Gasteiger partial charge in [-0.25, -0.2) is 13.6 Å². The standard InChI is InChI=1S/C20H14BrF2NO4S/c1-20(22,23)11-4-7-13(15(25)8-11)18(26)24-14-9-29-17(16(14)19(27)28)10-2-5-12(21)6-3-10/h2-9,25H,1H3,(H,24,26)(H,27,28). The highest BCUT2D eigenvalue weighted by molar-refractivity contribution is 9.10. The van der Waals surface area contributed by atoms with Gasteiger partial charge in [0.05, 0.1) is 16.1 Å². The predicted molar refractivity (Wildman–Crippen MR) is 110 cm³/mol. The van der Waals surface area contributed by atoms with Gasteiger partial charge in [0, 0.05) is 22.3 Å². The third kappa shape index (κ3) is 4.46. The molecule has 5 nitrogen and oxygen atoms in total. The highest BCUT2D eigenvalue weighted by Gasteiger charge is 2.27. The Morgan fingerprint density at radius 2 is 1.79 bits per heavy atom. The molecule has 0 saturated carbocycles. The number of aromatic hydroxyl groups is 1. The minimum Gasteiger partial charge on any atom is -0.507 e. The van der Waals surface area contributed by atoms with Crippen molar-refractivity contribution >= 4 is 44.8 Å². The minimum atomic E-state index is -3.17. The van der Waals surface area contributed by atoms with E-state index in [0.29, 0.717) is 17.4 Å². The van der Waals surface area contributed by atoms with Gasteiger partial charge in [-0.2, -0.15) is 0 Å². The van der Waals surface area contributed by atoms with E-state index in [-0.39, 0.29) is 16.8 Å². The molecule has 1 heterocycles. The molecule has 0 fully saturated rings. The number of carbonyl (C=O) groups excluding carboxylic acids is 1. The van der Waals surface area contributed by atoms with Crippen LogP contribution in [0.25, 0.3) is 10.4 Å². The Morgan fingerprint density at radius 1 is 1.14 bits per heavy atom. The number of phenolic OH excluding ortho intramolecular Hbond substituents is 1. The number of nitrogens with one attached hydrogen (secondary N) is 1. The molecule has 1 aromatic heterocycles. The van der Waals surface area contributed by atoms with E-state index in [0.717, 1.165) is 34.0 Å². The second-order valence-electron chi connectivity index (χ2n) is 6.24. The smallest absolute Gasteiger partial charge is 0.339 e. The normalized spacial score (nSPS) is 11.3. The van der Waals surface area contributed by atoms with Crippen LogP contribution in [0.4, 0.5) is 14.5 Å². The lowest BCUT2D eigenvalue weighted by molar-refractivity contribution is 0.0172. The van der Waals surface area contributed by atoms with Gasteiger partial charge in [-0.15, -0.1) is 11.3 Å². The van der Waals surface area contributed by atoms with Gasteiger partial charge in [0.25, 0.3) is 11.8 Å². The van der Waals surface area contributed by atoms with Crippen LogP contribution < -0.4 is 5.32 Å². The fraction of sp³-hybridized carbons (Fsp3) is 0.100. The topological polar surface area (TPSA) is 86.6 Å². The van der Waals surface area contributed by atoms with E-state index in [1.165, 1.54) is 5.38 Å². The summed E-state index contributed by atoms with van der Waals surface area (Å²) in [5.74, 6) is -5.84. The van der Waals surface area contributed by atoms with Gasteiger partial charge in [0.1, 0.15) is 11.3 Å². The number of amides is 1. The third-order valence-corrected chi connectivity index (χ3v) is 5.67. The number of anilines is 1. The summed E-state index contributed by atoms with van der Waals surface area (Å²) in [6, 6.07) is 9.93. The number of carbonyl (C=O) groups is 2. The van der Waals surface area contributed by atoms with Gasteiger partial charge < -0.3 is 15.5 Å². The van der Waals surface area contributed by atoms with Gasteiger partial charge >= 0.3 is 5.97 Å². The number of aromatic carboxylic acids is 1. The summed E-state index contributed by atoms with van der Waals surface area (Å²) >= 11 is 4.45. The maximum atomic E-state index is 13.4. The third-order valence-electron chi connectivity index (χ3n) is 4.11. The summed E-state index contributed by atoms with van der Waals surface area (Å²) < 4.78 is 27.6. The first-order chi connectivity index (χ1) is 13.6. The Labute approximate surface area is 176 Å². The Balaban J connectivity index is 1.93. The number of hydrogen-bond donors (Lipinski definition) is 3. The molecule has 0 unspecified atom stereocenters. The number of hydrogen-bond acceptors (Lipinski definition) is 4. The van der Waals surface area contributed by atoms with E-state index >= 15 is 0 Å². The van der Waals surface area contributed by atoms with Crippen LogP contribution in [0.5, 0.6) is 5.75 Å². The van der Waals surface area contributed by atoms with Crippen molar-refractivity contribution < 1.29 is 28.6 Å². The van der Waals surface area contributed by atoms with Crippen molar-refractivity contribution in [1.82, 2.24) is 0 Å². The molecule has 0 aliphatic heterocycles. The first-order valence-corrected chi connectivity index (χ1v) is 9.88. The van der Waals surface area contributed by atoms with Crippen molar-refractivity contribution in [1.29, 1.82) is 0 Å². The highest BCUT2D eigenvalue weighted by atomic mass is 79.9. The van der Waals surface area contributed by atoms with E-state index in [1.54, 1.807) is 24.3 Å². The molecule has 3 rings (SSSR count). The minimum absolute atomic E-state index is 0.0507. The number of carboxylic acid groups (broad SMARTS) is 1. The Morgan fingerprint density at radius 3 is 2.34 bits per heavy atom. The molecule has 0 bridgehead atoms. The van der Waals surface area contributed by atoms with Crippen LogP contribution in [0.3, 0.4) is 0 Å². The van der Waals surface area contributed by atoms with E-state index < -0.39 is 29.1 Å². The zero-order valence-corrected chi connectivity index (χ0v) is 17.3. The molecule has 3 N–H and O–H groups in total. The first-order valence-electron chi connectivity index (χ1n) is 8.21. The fourth-order valence-electron chi connectivity index (χ4n) is 2.66. The molecule has 0 radical (unpaired) electrons. The van der Waals surface area contributed by atoms with Crippen molar-refractivity contribution in [3.05, 3.63) is 69.0 Å². The van der Waals surface area contributed by atoms with Crippen molar-refractivity contribution in [3.8, 4) is 16.2 Å². The van der Waals surface area contributed by atoms with Crippen molar-refractivity contribution in [2.45, 2.75) is 12.8 Å². The highest BCUT2D eigenvalue weighted by Crippen LogP contribution is 2.37. The van der Waals surface area contributed by atoms with Gasteiger partial charge in [0.2, 0.25) is 0 Å². The largest absolute Gasteiger partial charge is 0.507 e. The van der Waals surface area contributed by atoms with Crippen LogP contribution in [-0.4, -0.2) is 22.1 Å². The molecule has 0 aliphatic carbocycles. The molecular weight excluding hydrogens is 468 g/mol. The summed E-state index contributed by atoms with van der Waals surface area (Å²) in [5.41, 5.74) is -0.0679. The maximum absolute atomic E-state index is 13.4. The van der Waals surface area contributed by atoms with E-state index in [9.17, 15) is 28.6 Å². The molecule has 2 aromatic carbocycles. The van der Waals surface area contributed by atoms with Crippen molar-refractivity contribution in [2.75, 3.05) is 5.32 Å². The summed E-state index contributed by atoms with van der Waals surface area (Å²) in [5, 5.41) is 23.5. The lowest BCUT2D eigenvalue weighted by Crippen LogP contribution is -2.15. The predicted octanol–water partition coefficient (Wildman–Crippen LogP) is 5.95. The number of alkyl halides is 2. The average Bonchev–Trinajstić information content (AvgIpc) is 3.05. The lowest BCUT2D eigenvalue weighted by atomic mass is 10.1. The van der Waals surface area contributed by atoms with Crippen LogP contribution in [0.2, 0.25) is 0 Å². The molecular formula is C20H14BrF2NO4S. The molecule has 150 valence electrons. The number of carboxylic acids is 1. The van der Waals surface area contributed by atoms with Crippen LogP contribution >= 0.6 is 27.3 Å². The Bertz CT molecular complexity index is 1090. The van der Waals surface area contributed by atoms with E-state index in [4.69, 9.17) is 0 Å². The van der Waals surface area contributed by atoms with E-state index in [2.05, 4.69) is 21.2 Å². The van der Waals surface area contributed by atoms with Gasteiger partial charge in [-0.1, -0.05) is 34.1 Å². The molecule has 0 saturated heterocycles. The van der Waals surface area contributed by atoms with Gasteiger partial charge in [-0.05, 0) is 29.8 Å². The quantitative estimate of drug-likeness (QED) is 0.420. The molecule has 29 heavy (non-hydrogen) atoms. The monoisotopic (exact) mass is 481 g/mol. The van der Waals surface area contributed by atoms with Crippen LogP contribution in [0.1, 0.15) is 33.2 Å². The number of rotatable bonds is 5. The van der Waals surface area contributed by atoms with Crippen LogP contribution in [0, 0.1) is 0 Å². The average molecular weight is 482 g/mol. The Kier molecular flexibility index (Phi) is 5.72. The summed E-state index contributed by atoms with van der Waals surface area (Å²) in [7, 11) is 0. The second-order valence-corrected chi connectivity index (χ2v) is 8.04. The molecule has 0 atom stereocenters. The number of benzene rings is 2. The van der Waals surface area contributed by atoms with E-state index in [1.807, 2.05) is 0 Å². The van der Waals surface area contributed by atoms with Gasteiger partial charge in [-0.3, -0.25) is 4.79 Å².